The summed E-state index contributed by atoms with van der Waals surface area (Å²) in [6.07, 6.45) is 0.187. The summed E-state index contributed by atoms with van der Waals surface area (Å²) in [7, 11) is -1.15. The number of hydrogen-bond acceptors (Lipinski definition) is 3. The minimum atomic E-state index is -1.15. The molecule has 1 atom stereocenters. The van der Waals surface area contributed by atoms with Gasteiger partial charge in [0, 0.05) is 15.1 Å². The smallest absolute Gasteiger partial charge is 0.306 e. The summed E-state index contributed by atoms with van der Waals surface area (Å²) < 4.78 is 17.4. The number of ether oxygens (including phenoxy) is 1. The fourth-order valence-electron chi connectivity index (χ4n) is 1.14. The Morgan fingerprint density at radius 3 is 2.88 bits per heavy atom. The maximum absolute atomic E-state index is 11.8. The van der Waals surface area contributed by atoms with Gasteiger partial charge < -0.3 is 4.74 Å². The van der Waals surface area contributed by atoms with E-state index in [-0.39, 0.29) is 12.4 Å². The predicted molar refractivity (Wildman–Crippen MR) is 66.7 cm³/mol. The molecule has 88 valence electrons. The van der Waals surface area contributed by atoms with E-state index in [9.17, 15) is 9.00 Å². The Morgan fingerprint density at radius 1 is 1.50 bits per heavy atom. The number of carbonyl (C=O) groups is 1. The van der Waals surface area contributed by atoms with Crippen LogP contribution in [0.25, 0.3) is 0 Å². The molecule has 0 fully saturated rings. The molecule has 1 aromatic rings. The van der Waals surface area contributed by atoms with Crippen molar-refractivity contribution in [2.45, 2.75) is 18.2 Å². The van der Waals surface area contributed by atoms with Crippen LogP contribution in [0.3, 0.4) is 0 Å². The van der Waals surface area contributed by atoms with Crippen molar-refractivity contribution in [3.8, 4) is 0 Å². The predicted octanol–water partition coefficient (Wildman–Crippen LogP) is 2.51. The Bertz CT molecular complexity index is 393. The summed E-state index contributed by atoms with van der Waals surface area (Å²) in [4.78, 5) is 11.8. The van der Waals surface area contributed by atoms with Gasteiger partial charge in [0.1, 0.15) is 0 Å². The third kappa shape index (κ3) is 4.45. The van der Waals surface area contributed by atoms with Crippen LogP contribution in [0.5, 0.6) is 0 Å². The van der Waals surface area contributed by atoms with Crippen LogP contribution in [0.2, 0.25) is 0 Å². The highest BCUT2D eigenvalue weighted by Gasteiger charge is 2.08. The van der Waals surface area contributed by atoms with Gasteiger partial charge in [0.15, 0.2) is 0 Å². The first-order valence-electron chi connectivity index (χ1n) is 4.93. The second-order valence-corrected chi connectivity index (χ2v) is 5.55. The van der Waals surface area contributed by atoms with Gasteiger partial charge in [0.05, 0.1) is 23.8 Å². The lowest BCUT2D eigenvalue weighted by Gasteiger charge is -2.03. The van der Waals surface area contributed by atoms with Crippen molar-refractivity contribution >= 4 is 32.7 Å². The molecule has 0 heterocycles. The summed E-state index contributed by atoms with van der Waals surface area (Å²) in [6, 6.07) is 7.26. The fourth-order valence-corrected chi connectivity index (χ4v) is 2.76. The lowest BCUT2D eigenvalue weighted by molar-refractivity contribution is -0.142. The zero-order valence-electron chi connectivity index (χ0n) is 8.94. The molecule has 0 aliphatic heterocycles. The molecular formula is C11H13BrO3S. The van der Waals surface area contributed by atoms with Crippen LogP contribution >= 0.6 is 15.9 Å². The second kappa shape index (κ2) is 6.81. The van der Waals surface area contributed by atoms with Crippen LogP contribution in [0, 0.1) is 0 Å². The average Bonchev–Trinajstić information content (AvgIpc) is 2.26. The number of carbonyl (C=O) groups excluding carboxylic acids is 1. The normalized spacial score (nSPS) is 12.1. The average molecular weight is 305 g/mol. The maximum atomic E-state index is 11.8. The molecule has 0 N–H and O–H groups in total. The number of halogens is 1. The highest BCUT2D eigenvalue weighted by molar-refractivity contribution is 9.10. The van der Waals surface area contributed by atoms with Crippen LogP contribution in [0.15, 0.2) is 33.6 Å². The van der Waals surface area contributed by atoms with Gasteiger partial charge in [-0.05, 0) is 25.1 Å². The summed E-state index contributed by atoms with van der Waals surface area (Å²) in [6.45, 7) is 2.12. The van der Waals surface area contributed by atoms with Gasteiger partial charge in [-0.15, -0.1) is 0 Å². The number of rotatable bonds is 5. The Balaban J connectivity index is 2.50. The molecule has 3 nitrogen and oxygen atoms in total. The van der Waals surface area contributed by atoms with Gasteiger partial charge in [0.25, 0.3) is 0 Å². The van der Waals surface area contributed by atoms with E-state index in [1.807, 2.05) is 12.1 Å². The van der Waals surface area contributed by atoms with Gasteiger partial charge in [-0.25, -0.2) is 0 Å². The third-order valence-electron chi connectivity index (χ3n) is 1.86. The molecule has 1 unspecified atom stereocenters. The quantitative estimate of drug-likeness (QED) is 0.785. The van der Waals surface area contributed by atoms with E-state index in [2.05, 4.69) is 15.9 Å². The Morgan fingerprint density at radius 2 is 2.25 bits per heavy atom. The molecule has 0 spiro atoms. The molecule has 0 radical (unpaired) electrons. The van der Waals surface area contributed by atoms with Crippen LogP contribution in [-0.2, 0) is 20.3 Å². The maximum Gasteiger partial charge on any atom is 0.306 e. The van der Waals surface area contributed by atoms with Crippen molar-refractivity contribution in [2.24, 2.45) is 0 Å². The molecule has 1 rings (SSSR count). The molecule has 0 saturated heterocycles. The molecular weight excluding hydrogens is 292 g/mol. The molecule has 1 aromatic carbocycles. The van der Waals surface area contributed by atoms with Crippen molar-refractivity contribution in [3.63, 3.8) is 0 Å². The van der Waals surface area contributed by atoms with E-state index in [4.69, 9.17) is 4.74 Å². The number of esters is 1. The van der Waals surface area contributed by atoms with Crippen molar-refractivity contribution in [2.75, 3.05) is 12.4 Å². The highest BCUT2D eigenvalue weighted by Crippen LogP contribution is 2.15. The largest absolute Gasteiger partial charge is 0.466 e. The molecule has 0 aliphatic rings. The van der Waals surface area contributed by atoms with Gasteiger partial charge in [-0.2, -0.15) is 0 Å². The monoisotopic (exact) mass is 304 g/mol. The lowest BCUT2D eigenvalue weighted by atomic mass is 10.4. The van der Waals surface area contributed by atoms with E-state index in [0.717, 1.165) is 9.37 Å². The van der Waals surface area contributed by atoms with Gasteiger partial charge >= 0.3 is 5.97 Å². The molecule has 0 aromatic heterocycles. The summed E-state index contributed by atoms with van der Waals surface area (Å²) in [5.41, 5.74) is 0. The topological polar surface area (TPSA) is 43.4 Å². The van der Waals surface area contributed by atoms with Crippen LogP contribution in [-0.4, -0.2) is 22.5 Å². The molecule has 0 bridgehead atoms. The van der Waals surface area contributed by atoms with E-state index in [0.29, 0.717) is 12.4 Å². The lowest BCUT2D eigenvalue weighted by Crippen LogP contribution is -2.09. The SMILES string of the molecule is CCOC(=O)CCS(=O)c1cccc(Br)c1. The van der Waals surface area contributed by atoms with E-state index < -0.39 is 10.8 Å². The summed E-state index contributed by atoms with van der Waals surface area (Å²) >= 11 is 3.31. The number of benzene rings is 1. The molecule has 16 heavy (non-hydrogen) atoms. The van der Waals surface area contributed by atoms with Gasteiger partial charge in [0.2, 0.25) is 0 Å². The van der Waals surface area contributed by atoms with E-state index in [1.165, 1.54) is 0 Å². The van der Waals surface area contributed by atoms with Crippen LogP contribution in [0.1, 0.15) is 13.3 Å². The van der Waals surface area contributed by atoms with Crippen molar-refractivity contribution in [1.29, 1.82) is 0 Å². The highest BCUT2D eigenvalue weighted by atomic mass is 79.9. The van der Waals surface area contributed by atoms with Crippen LogP contribution in [0.4, 0.5) is 0 Å². The second-order valence-electron chi connectivity index (χ2n) is 3.06. The molecule has 0 saturated carbocycles. The summed E-state index contributed by atoms with van der Waals surface area (Å²) in [5, 5.41) is 0. The zero-order chi connectivity index (χ0) is 12.0. The van der Waals surface area contributed by atoms with Crippen LogP contribution < -0.4 is 0 Å². The van der Waals surface area contributed by atoms with Crippen molar-refractivity contribution < 1.29 is 13.7 Å². The molecule has 0 amide bonds. The van der Waals surface area contributed by atoms with Gasteiger partial charge in [-0.1, -0.05) is 22.0 Å². The summed E-state index contributed by atoms with van der Waals surface area (Å²) in [5.74, 6) is 0.000738. The minimum absolute atomic E-state index is 0.187. The zero-order valence-corrected chi connectivity index (χ0v) is 11.3. The first-order chi connectivity index (χ1) is 7.63. The number of hydrogen-bond donors (Lipinski definition) is 0. The minimum Gasteiger partial charge on any atom is -0.466 e. The Kier molecular flexibility index (Phi) is 5.69. The molecule has 0 aliphatic carbocycles. The van der Waals surface area contributed by atoms with E-state index >= 15 is 0 Å². The molecule has 5 heteroatoms. The Labute approximate surface area is 106 Å². The first-order valence-corrected chi connectivity index (χ1v) is 7.04. The fraction of sp³-hybridized carbons (Fsp3) is 0.364. The van der Waals surface area contributed by atoms with Gasteiger partial charge in [-0.3, -0.25) is 9.00 Å². The van der Waals surface area contributed by atoms with E-state index in [1.54, 1.807) is 19.1 Å². The first kappa shape index (κ1) is 13.4. The Hall–Kier alpha value is -0.680. The van der Waals surface area contributed by atoms with Crippen molar-refractivity contribution in [3.05, 3.63) is 28.7 Å². The third-order valence-corrected chi connectivity index (χ3v) is 3.70. The standard InChI is InChI=1S/C11H13BrO3S/c1-2-15-11(13)6-7-16(14)10-5-3-4-9(12)8-10/h3-5,8H,2,6-7H2,1H3. The van der Waals surface area contributed by atoms with Crippen molar-refractivity contribution in [1.82, 2.24) is 0 Å².